The molecule has 0 amide bonds. The topological polar surface area (TPSA) is 69.1 Å². The molecule has 0 radical (unpaired) electrons. The summed E-state index contributed by atoms with van der Waals surface area (Å²) >= 11 is 0. The van der Waals surface area contributed by atoms with E-state index in [0.717, 1.165) is 47.9 Å². The molecule has 0 spiro atoms. The van der Waals surface area contributed by atoms with Gasteiger partial charge in [0.2, 0.25) is 0 Å². The lowest BCUT2D eigenvalue weighted by Gasteiger charge is -2.11. The molecule has 0 saturated heterocycles. The fraction of sp³-hybridized carbons (Fsp3) is 0.316. The van der Waals surface area contributed by atoms with Crippen LogP contribution in [0.15, 0.2) is 48.5 Å². The summed E-state index contributed by atoms with van der Waals surface area (Å²) in [4.78, 5) is 13.0. The Morgan fingerprint density at radius 1 is 0.727 bits per heavy atom. The van der Waals surface area contributed by atoms with Gasteiger partial charge >= 0.3 is 0 Å². The Balaban J connectivity index is 2.32. The highest BCUT2D eigenvalue weighted by atomic mass is 16.1. The molecule has 0 heterocycles. The minimum absolute atomic E-state index is 0.0974. The number of aryl methyl sites for hydroxylation is 2. The molecule has 0 aliphatic carbocycles. The van der Waals surface area contributed by atoms with Crippen molar-refractivity contribution in [3.8, 4) is 0 Å². The van der Waals surface area contributed by atoms with E-state index in [1.165, 1.54) is 0 Å². The number of ketones is 1. The summed E-state index contributed by atoms with van der Waals surface area (Å²) in [5.41, 5.74) is 14.9. The number of benzene rings is 2. The van der Waals surface area contributed by atoms with Crippen molar-refractivity contribution in [3.63, 3.8) is 0 Å². The molecule has 3 heteroatoms. The van der Waals surface area contributed by atoms with Gasteiger partial charge in [0.25, 0.3) is 0 Å². The van der Waals surface area contributed by atoms with E-state index < -0.39 is 0 Å². The first kappa shape index (κ1) is 16.4. The molecule has 3 nitrogen and oxygen atoms in total. The smallest absolute Gasteiger partial charge is 0.193 e. The van der Waals surface area contributed by atoms with Crippen LogP contribution in [0.1, 0.15) is 39.9 Å². The number of rotatable bonds is 8. The van der Waals surface area contributed by atoms with Crippen LogP contribution < -0.4 is 11.5 Å². The van der Waals surface area contributed by atoms with Crippen LogP contribution in [-0.2, 0) is 12.8 Å². The third kappa shape index (κ3) is 4.03. The van der Waals surface area contributed by atoms with Gasteiger partial charge in [0, 0.05) is 11.1 Å². The van der Waals surface area contributed by atoms with E-state index in [0.29, 0.717) is 13.1 Å². The first-order valence-corrected chi connectivity index (χ1v) is 7.88. The Hall–Kier alpha value is -1.97. The third-order valence-electron chi connectivity index (χ3n) is 3.82. The maximum absolute atomic E-state index is 13.0. The lowest BCUT2D eigenvalue weighted by molar-refractivity contribution is 0.103. The van der Waals surface area contributed by atoms with Crippen LogP contribution in [0.3, 0.4) is 0 Å². The SMILES string of the molecule is NCCCc1ccccc1C(=O)c1ccccc1CCCN. The summed E-state index contributed by atoms with van der Waals surface area (Å²) in [6, 6.07) is 15.6. The number of hydrogen-bond acceptors (Lipinski definition) is 3. The van der Waals surface area contributed by atoms with Crippen molar-refractivity contribution >= 4 is 5.78 Å². The molecular formula is C19H24N2O. The van der Waals surface area contributed by atoms with Crippen LogP contribution in [0.25, 0.3) is 0 Å². The maximum atomic E-state index is 13.0. The second-order valence-electron chi connectivity index (χ2n) is 5.43. The zero-order valence-corrected chi connectivity index (χ0v) is 12.9. The fourth-order valence-electron chi connectivity index (χ4n) is 2.65. The predicted molar refractivity (Wildman–Crippen MR) is 91.1 cm³/mol. The molecule has 0 unspecified atom stereocenters. The average Bonchev–Trinajstić information content (AvgIpc) is 2.58. The second-order valence-corrected chi connectivity index (χ2v) is 5.43. The first-order valence-electron chi connectivity index (χ1n) is 7.88. The highest BCUT2D eigenvalue weighted by Gasteiger charge is 2.15. The minimum Gasteiger partial charge on any atom is -0.330 e. The number of carbonyl (C=O) groups is 1. The number of hydrogen-bond donors (Lipinski definition) is 2. The summed E-state index contributed by atoms with van der Waals surface area (Å²) in [5.74, 6) is 0.0974. The Bertz CT molecular complexity index is 569. The summed E-state index contributed by atoms with van der Waals surface area (Å²) in [7, 11) is 0. The van der Waals surface area contributed by atoms with Crippen molar-refractivity contribution in [2.75, 3.05) is 13.1 Å². The van der Waals surface area contributed by atoms with Gasteiger partial charge in [-0.3, -0.25) is 4.79 Å². The van der Waals surface area contributed by atoms with Crippen LogP contribution in [0.2, 0.25) is 0 Å². The van der Waals surface area contributed by atoms with Crippen molar-refractivity contribution in [3.05, 3.63) is 70.8 Å². The summed E-state index contributed by atoms with van der Waals surface area (Å²) in [6.07, 6.45) is 3.45. The Morgan fingerprint density at radius 3 is 1.55 bits per heavy atom. The monoisotopic (exact) mass is 296 g/mol. The van der Waals surface area contributed by atoms with Gasteiger partial charge in [-0.1, -0.05) is 48.5 Å². The Kier molecular flexibility index (Phi) is 6.31. The van der Waals surface area contributed by atoms with E-state index in [4.69, 9.17) is 11.5 Å². The zero-order chi connectivity index (χ0) is 15.8. The fourth-order valence-corrected chi connectivity index (χ4v) is 2.65. The molecule has 116 valence electrons. The predicted octanol–water partition coefficient (Wildman–Crippen LogP) is 2.70. The lowest BCUT2D eigenvalue weighted by atomic mass is 9.92. The maximum Gasteiger partial charge on any atom is 0.193 e. The highest BCUT2D eigenvalue weighted by Crippen LogP contribution is 2.19. The van der Waals surface area contributed by atoms with E-state index in [1.54, 1.807) is 0 Å². The Morgan fingerprint density at radius 2 is 1.14 bits per heavy atom. The van der Waals surface area contributed by atoms with Gasteiger partial charge < -0.3 is 11.5 Å². The van der Waals surface area contributed by atoms with Crippen molar-refractivity contribution in [2.24, 2.45) is 11.5 Å². The van der Waals surface area contributed by atoms with Gasteiger partial charge in [0.1, 0.15) is 0 Å². The van der Waals surface area contributed by atoms with Gasteiger partial charge in [-0.05, 0) is 49.9 Å². The summed E-state index contributed by atoms with van der Waals surface area (Å²) in [5, 5.41) is 0. The number of nitrogens with two attached hydrogens (primary N) is 2. The minimum atomic E-state index is 0.0974. The average molecular weight is 296 g/mol. The van der Waals surface area contributed by atoms with E-state index >= 15 is 0 Å². The highest BCUT2D eigenvalue weighted by molar-refractivity contribution is 6.10. The number of carbonyl (C=O) groups excluding carboxylic acids is 1. The molecule has 0 aliphatic rings. The molecule has 2 aromatic rings. The van der Waals surface area contributed by atoms with E-state index in [9.17, 15) is 4.79 Å². The molecule has 22 heavy (non-hydrogen) atoms. The molecule has 0 fully saturated rings. The first-order chi connectivity index (χ1) is 10.8. The summed E-state index contributed by atoms with van der Waals surface area (Å²) < 4.78 is 0. The van der Waals surface area contributed by atoms with Crippen LogP contribution in [0.4, 0.5) is 0 Å². The largest absolute Gasteiger partial charge is 0.330 e. The molecule has 0 aliphatic heterocycles. The van der Waals surface area contributed by atoms with Gasteiger partial charge in [0.15, 0.2) is 5.78 Å². The molecule has 0 saturated carbocycles. The van der Waals surface area contributed by atoms with Crippen molar-refractivity contribution < 1.29 is 4.79 Å². The quantitative estimate of drug-likeness (QED) is 0.736. The zero-order valence-electron chi connectivity index (χ0n) is 12.9. The van der Waals surface area contributed by atoms with Crippen LogP contribution >= 0.6 is 0 Å². The van der Waals surface area contributed by atoms with Gasteiger partial charge in [-0.25, -0.2) is 0 Å². The van der Waals surface area contributed by atoms with Crippen molar-refractivity contribution in [1.82, 2.24) is 0 Å². The van der Waals surface area contributed by atoms with E-state index in [1.807, 2.05) is 48.5 Å². The van der Waals surface area contributed by atoms with Crippen molar-refractivity contribution in [2.45, 2.75) is 25.7 Å². The van der Waals surface area contributed by atoms with Crippen LogP contribution in [-0.4, -0.2) is 18.9 Å². The van der Waals surface area contributed by atoms with E-state index in [2.05, 4.69) is 0 Å². The third-order valence-corrected chi connectivity index (χ3v) is 3.82. The Labute approximate surface area is 132 Å². The second kappa shape index (κ2) is 8.47. The molecule has 0 bridgehead atoms. The standard InChI is InChI=1S/C19H24N2O/c20-13-5-9-15-7-1-3-11-17(15)19(22)18-12-4-2-8-16(18)10-6-14-21/h1-4,7-8,11-12H,5-6,9-10,13-14,20-21H2. The lowest BCUT2D eigenvalue weighted by Crippen LogP contribution is -2.10. The summed E-state index contributed by atoms with van der Waals surface area (Å²) in [6.45, 7) is 1.27. The molecule has 0 atom stereocenters. The molecule has 2 rings (SSSR count). The van der Waals surface area contributed by atoms with Gasteiger partial charge in [-0.2, -0.15) is 0 Å². The molecule has 4 N–H and O–H groups in total. The van der Waals surface area contributed by atoms with Crippen molar-refractivity contribution in [1.29, 1.82) is 0 Å². The molecule has 0 aromatic heterocycles. The van der Waals surface area contributed by atoms with Crippen LogP contribution in [0, 0.1) is 0 Å². The molecule has 2 aromatic carbocycles. The molecular weight excluding hydrogens is 272 g/mol. The van der Waals surface area contributed by atoms with E-state index in [-0.39, 0.29) is 5.78 Å². The van der Waals surface area contributed by atoms with Crippen LogP contribution in [0.5, 0.6) is 0 Å². The van der Waals surface area contributed by atoms with Gasteiger partial charge in [0.05, 0.1) is 0 Å². The normalized spacial score (nSPS) is 10.6. The van der Waals surface area contributed by atoms with Gasteiger partial charge in [-0.15, -0.1) is 0 Å².